The van der Waals surface area contributed by atoms with Gasteiger partial charge in [0, 0.05) is 35.8 Å². The number of likely N-dealkylation sites (tertiary alicyclic amines) is 1. The van der Waals surface area contributed by atoms with Crippen molar-refractivity contribution in [2.24, 2.45) is 0 Å². The number of aromatic nitrogens is 3. The Morgan fingerprint density at radius 3 is 2.83 bits per heavy atom. The van der Waals surface area contributed by atoms with Gasteiger partial charge in [0.1, 0.15) is 5.69 Å². The second-order valence-corrected chi connectivity index (χ2v) is 5.92. The molecule has 1 aliphatic rings. The molecule has 4 rings (SSSR count). The van der Waals surface area contributed by atoms with E-state index in [9.17, 15) is 4.79 Å². The largest absolute Gasteiger partial charge is 0.361 e. The Hall–Kier alpha value is -2.69. The zero-order valence-corrected chi connectivity index (χ0v) is 12.8. The summed E-state index contributed by atoms with van der Waals surface area (Å²) in [5.41, 5.74) is 3.22. The molecule has 1 N–H and O–H groups in total. The molecule has 0 bridgehead atoms. The second kappa shape index (κ2) is 5.83. The lowest BCUT2D eigenvalue weighted by atomic mass is 10.1. The van der Waals surface area contributed by atoms with Gasteiger partial charge in [0.05, 0.1) is 18.1 Å². The number of hydrogen-bond acceptors (Lipinski definition) is 3. The Morgan fingerprint density at radius 2 is 1.96 bits per heavy atom. The van der Waals surface area contributed by atoms with Gasteiger partial charge in [-0.05, 0) is 37.5 Å². The number of amides is 1. The maximum atomic E-state index is 12.6. The number of H-pyrrole nitrogens is 1. The maximum Gasteiger partial charge on any atom is 0.274 e. The molecule has 2 aromatic heterocycles. The fourth-order valence-corrected chi connectivity index (χ4v) is 3.08. The highest BCUT2D eigenvalue weighted by Gasteiger charge is 2.20. The first kappa shape index (κ1) is 13.9. The summed E-state index contributed by atoms with van der Waals surface area (Å²) >= 11 is 0. The Bertz CT molecular complexity index is 849. The normalized spacial score (nSPS) is 15.0. The predicted octanol–water partition coefficient (Wildman–Crippen LogP) is 3.25. The Labute approximate surface area is 134 Å². The van der Waals surface area contributed by atoms with Gasteiger partial charge in [0.15, 0.2) is 0 Å². The van der Waals surface area contributed by atoms with Gasteiger partial charge >= 0.3 is 0 Å². The number of carbonyl (C=O) groups is 1. The number of benzene rings is 1. The number of aromatic amines is 1. The van der Waals surface area contributed by atoms with Gasteiger partial charge in [0.25, 0.3) is 5.91 Å². The highest BCUT2D eigenvalue weighted by molar-refractivity contribution is 5.93. The third kappa shape index (κ3) is 2.70. The Balaban J connectivity index is 1.66. The van der Waals surface area contributed by atoms with Crippen molar-refractivity contribution >= 4 is 16.8 Å². The molecule has 5 nitrogen and oxygen atoms in total. The van der Waals surface area contributed by atoms with Crippen LogP contribution in [-0.4, -0.2) is 38.8 Å². The van der Waals surface area contributed by atoms with Crippen LogP contribution in [0.5, 0.6) is 0 Å². The summed E-state index contributed by atoms with van der Waals surface area (Å²) in [6.07, 6.45) is 8.53. The van der Waals surface area contributed by atoms with Crippen molar-refractivity contribution in [1.82, 2.24) is 19.9 Å². The van der Waals surface area contributed by atoms with E-state index in [0.29, 0.717) is 5.69 Å². The summed E-state index contributed by atoms with van der Waals surface area (Å²) in [5, 5.41) is 1.12. The van der Waals surface area contributed by atoms with Crippen LogP contribution in [0.1, 0.15) is 29.8 Å². The van der Waals surface area contributed by atoms with Gasteiger partial charge < -0.3 is 9.88 Å². The average Bonchev–Trinajstić information content (AvgIpc) is 3.09. The highest BCUT2D eigenvalue weighted by atomic mass is 16.2. The summed E-state index contributed by atoms with van der Waals surface area (Å²) in [7, 11) is 0. The summed E-state index contributed by atoms with van der Waals surface area (Å²) in [4.78, 5) is 26.4. The summed E-state index contributed by atoms with van der Waals surface area (Å²) in [5.74, 6) is -0.0122. The lowest BCUT2D eigenvalue weighted by Crippen LogP contribution is -2.36. The molecule has 116 valence electrons. The van der Waals surface area contributed by atoms with Crippen LogP contribution < -0.4 is 0 Å². The first-order valence-electron chi connectivity index (χ1n) is 8.00. The zero-order chi connectivity index (χ0) is 15.6. The van der Waals surface area contributed by atoms with E-state index < -0.39 is 0 Å². The van der Waals surface area contributed by atoms with Gasteiger partial charge in [-0.3, -0.25) is 9.78 Å². The van der Waals surface area contributed by atoms with Crippen molar-refractivity contribution in [3.8, 4) is 11.3 Å². The van der Waals surface area contributed by atoms with Crippen LogP contribution in [0.2, 0.25) is 0 Å². The van der Waals surface area contributed by atoms with Gasteiger partial charge in [-0.2, -0.15) is 0 Å². The molecule has 0 saturated carbocycles. The highest BCUT2D eigenvalue weighted by Crippen LogP contribution is 2.22. The van der Waals surface area contributed by atoms with E-state index in [4.69, 9.17) is 0 Å². The average molecular weight is 306 g/mol. The van der Waals surface area contributed by atoms with Crippen LogP contribution in [0.4, 0.5) is 0 Å². The van der Waals surface area contributed by atoms with Crippen molar-refractivity contribution in [2.45, 2.75) is 19.3 Å². The van der Waals surface area contributed by atoms with Crippen LogP contribution in [-0.2, 0) is 0 Å². The molecule has 1 aliphatic heterocycles. The summed E-state index contributed by atoms with van der Waals surface area (Å²) in [6.45, 7) is 1.64. The molecule has 0 aliphatic carbocycles. The van der Waals surface area contributed by atoms with Gasteiger partial charge in [-0.25, -0.2) is 4.98 Å². The SMILES string of the molecule is O=C(c1cncc(-c2ccc3[nH]ccc3c2)n1)N1CCCCC1. The number of piperidine rings is 1. The topological polar surface area (TPSA) is 61.9 Å². The van der Waals surface area contributed by atoms with E-state index in [1.807, 2.05) is 29.3 Å². The lowest BCUT2D eigenvalue weighted by Gasteiger charge is -2.26. The molecule has 1 aromatic carbocycles. The molecule has 5 heteroatoms. The lowest BCUT2D eigenvalue weighted by molar-refractivity contribution is 0.0718. The van der Waals surface area contributed by atoms with Crippen LogP contribution in [0.3, 0.4) is 0 Å². The standard InChI is InChI=1S/C18H18N4O/c23-18(22-8-2-1-3-9-22)17-12-19-11-16(21-17)13-4-5-15-14(10-13)6-7-20-15/h4-7,10-12,20H,1-3,8-9H2. The minimum absolute atomic E-state index is 0.0122. The molecule has 1 saturated heterocycles. The molecule has 1 amide bonds. The molecule has 3 aromatic rings. The molecule has 0 atom stereocenters. The van der Waals surface area contributed by atoms with Crippen molar-refractivity contribution in [3.63, 3.8) is 0 Å². The number of hydrogen-bond donors (Lipinski definition) is 1. The van der Waals surface area contributed by atoms with Gasteiger partial charge in [0.2, 0.25) is 0 Å². The molecular formula is C18H18N4O. The fourth-order valence-electron chi connectivity index (χ4n) is 3.08. The zero-order valence-electron chi connectivity index (χ0n) is 12.8. The molecule has 0 unspecified atom stereocenters. The molecular weight excluding hydrogens is 288 g/mol. The third-order valence-electron chi connectivity index (χ3n) is 4.35. The second-order valence-electron chi connectivity index (χ2n) is 5.92. The molecule has 1 fully saturated rings. The number of nitrogens with zero attached hydrogens (tertiary/aromatic N) is 3. The van der Waals surface area contributed by atoms with Gasteiger partial charge in [-0.1, -0.05) is 6.07 Å². The number of nitrogens with one attached hydrogen (secondary N) is 1. The Morgan fingerprint density at radius 1 is 1.09 bits per heavy atom. The van der Waals surface area contributed by atoms with E-state index in [-0.39, 0.29) is 5.91 Å². The number of carbonyl (C=O) groups excluding carboxylic acids is 1. The fraction of sp³-hybridized carbons (Fsp3) is 0.278. The van der Waals surface area contributed by atoms with E-state index in [0.717, 1.165) is 48.1 Å². The minimum atomic E-state index is -0.0122. The number of fused-ring (bicyclic) bond motifs is 1. The van der Waals surface area contributed by atoms with E-state index in [1.165, 1.54) is 6.42 Å². The van der Waals surface area contributed by atoms with Gasteiger partial charge in [-0.15, -0.1) is 0 Å². The smallest absolute Gasteiger partial charge is 0.274 e. The van der Waals surface area contributed by atoms with Crippen LogP contribution >= 0.6 is 0 Å². The Kier molecular flexibility index (Phi) is 3.54. The number of rotatable bonds is 2. The van der Waals surface area contributed by atoms with Crippen molar-refractivity contribution < 1.29 is 4.79 Å². The van der Waals surface area contributed by atoms with Crippen LogP contribution in [0.25, 0.3) is 22.2 Å². The first-order valence-corrected chi connectivity index (χ1v) is 8.00. The molecule has 23 heavy (non-hydrogen) atoms. The van der Waals surface area contributed by atoms with E-state index in [2.05, 4.69) is 21.0 Å². The predicted molar refractivity (Wildman–Crippen MR) is 89.1 cm³/mol. The first-order chi connectivity index (χ1) is 11.3. The van der Waals surface area contributed by atoms with Crippen LogP contribution in [0, 0.1) is 0 Å². The molecule has 3 heterocycles. The minimum Gasteiger partial charge on any atom is -0.361 e. The van der Waals surface area contributed by atoms with E-state index in [1.54, 1.807) is 12.4 Å². The van der Waals surface area contributed by atoms with Crippen molar-refractivity contribution in [3.05, 3.63) is 48.5 Å². The maximum absolute atomic E-state index is 12.6. The molecule has 0 spiro atoms. The monoisotopic (exact) mass is 306 g/mol. The summed E-state index contributed by atoms with van der Waals surface area (Å²) in [6, 6.07) is 8.10. The molecule has 0 radical (unpaired) electrons. The van der Waals surface area contributed by atoms with E-state index >= 15 is 0 Å². The third-order valence-corrected chi connectivity index (χ3v) is 4.35. The van der Waals surface area contributed by atoms with Crippen molar-refractivity contribution in [2.75, 3.05) is 13.1 Å². The quantitative estimate of drug-likeness (QED) is 0.790. The van der Waals surface area contributed by atoms with Crippen LogP contribution in [0.15, 0.2) is 42.9 Å². The van der Waals surface area contributed by atoms with Crippen molar-refractivity contribution in [1.29, 1.82) is 0 Å². The summed E-state index contributed by atoms with van der Waals surface area (Å²) < 4.78 is 0.